The quantitative estimate of drug-likeness (QED) is 0.567. The minimum absolute atomic E-state index is 0.0452. The zero-order chi connectivity index (χ0) is 8.43. The lowest BCUT2D eigenvalue weighted by atomic mass is 10.2. The third-order valence-corrected chi connectivity index (χ3v) is 1.82. The molecule has 1 rings (SSSR count). The maximum atomic E-state index is 10.9. The summed E-state index contributed by atoms with van der Waals surface area (Å²) in [5.41, 5.74) is 0. The van der Waals surface area contributed by atoms with E-state index in [2.05, 4.69) is 0 Å². The Hall–Kier alpha value is -1.12. The Labute approximate surface area is 66.3 Å². The van der Waals surface area contributed by atoms with E-state index >= 15 is 0 Å². The second-order valence-electron chi connectivity index (χ2n) is 2.81. The molecular weight excluding hydrogens is 140 g/mol. The van der Waals surface area contributed by atoms with E-state index in [1.54, 1.807) is 6.92 Å². The van der Waals surface area contributed by atoms with Crippen LogP contribution in [0.2, 0.25) is 0 Å². The molecule has 1 aromatic heterocycles. The zero-order valence-corrected chi connectivity index (χ0v) is 7.11. The maximum absolute atomic E-state index is 10.9. The highest BCUT2D eigenvalue weighted by Gasteiger charge is 2.14. The van der Waals surface area contributed by atoms with Crippen LogP contribution in [0.1, 0.15) is 19.9 Å². The van der Waals surface area contributed by atoms with Gasteiger partial charge in [-0.1, -0.05) is 0 Å². The summed E-state index contributed by atoms with van der Waals surface area (Å²) in [7, 11) is 1.93. The van der Waals surface area contributed by atoms with Crippen molar-refractivity contribution in [3.8, 4) is 0 Å². The molecule has 0 fully saturated rings. The first kappa shape index (κ1) is 7.98. The van der Waals surface area contributed by atoms with Crippen molar-refractivity contribution in [2.75, 3.05) is 0 Å². The molecule has 0 aliphatic heterocycles. The number of imidazole rings is 1. The Bertz CT molecular complexity index is 265. The molecule has 0 radical (unpaired) electrons. The second kappa shape index (κ2) is 2.86. The van der Waals surface area contributed by atoms with Gasteiger partial charge in [-0.05, 0) is 13.8 Å². The Morgan fingerprint density at radius 3 is 2.64 bits per heavy atom. The number of carbonyl (C=O) groups excluding carboxylic acids is 1. The largest absolute Gasteiger partial charge is 0.295 e. The molecule has 1 heterocycles. The van der Waals surface area contributed by atoms with E-state index in [0.29, 0.717) is 0 Å². The van der Waals surface area contributed by atoms with Gasteiger partial charge in [0.2, 0.25) is 6.33 Å². The number of aromatic nitrogens is 2. The summed E-state index contributed by atoms with van der Waals surface area (Å²) in [6.45, 7) is 3.49. The normalized spacial score (nSPS) is 13.0. The lowest BCUT2D eigenvalue weighted by Gasteiger charge is -2.00. The molecule has 0 aliphatic rings. The van der Waals surface area contributed by atoms with Crippen molar-refractivity contribution in [2.45, 2.75) is 19.9 Å². The van der Waals surface area contributed by atoms with Crippen LogP contribution in [-0.4, -0.2) is 10.4 Å². The third kappa shape index (κ3) is 1.67. The van der Waals surface area contributed by atoms with E-state index in [4.69, 9.17) is 0 Å². The summed E-state index contributed by atoms with van der Waals surface area (Å²) in [6.07, 6.45) is 5.71. The lowest BCUT2D eigenvalue weighted by molar-refractivity contribution is -0.671. The van der Waals surface area contributed by atoms with Gasteiger partial charge >= 0.3 is 0 Å². The highest BCUT2D eigenvalue weighted by molar-refractivity contribution is 5.79. The molecule has 3 heteroatoms. The van der Waals surface area contributed by atoms with Gasteiger partial charge in [0.15, 0.2) is 11.8 Å². The van der Waals surface area contributed by atoms with Crippen LogP contribution in [0, 0.1) is 0 Å². The summed E-state index contributed by atoms with van der Waals surface area (Å²) in [5.74, 6) is 0.182. The first-order valence-corrected chi connectivity index (χ1v) is 3.64. The topological polar surface area (TPSA) is 25.9 Å². The van der Waals surface area contributed by atoms with Gasteiger partial charge < -0.3 is 0 Å². The molecule has 1 unspecified atom stereocenters. The molecule has 0 amide bonds. The number of aryl methyl sites for hydroxylation is 1. The molecule has 11 heavy (non-hydrogen) atoms. The summed E-state index contributed by atoms with van der Waals surface area (Å²) in [6, 6.07) is -0.0452. The SMILES string of the molecule is CC(=O)C(C)n1cc[n+](C)c1. The molecule has 60 valence electrons. The summed E-state index contributed by atoms with van der Waals surface area (Å²) >= 11 is 0. The monoisotopic (exact) mass is 153 g/mol. The second-order valence-corrected chi connectivity index (χ2v) is 2.81. The van der Waals surface area contributed by atoms with Crippen molar-refractivity contribution in [3.63, 3.8) is 0 Å². The number of rotatable bonds is 2. The fraction of sp³-hybridized carbons (Fsp3) is 0.500. The van der Waals surface area contributed by atoms with Crippen molar-refractivity contribution in [1.29, 1.82) is 0 Å². The predicted molar refractivity (Wildman–Crippen MR) is 41.0 cm³/mol. The number of ketones is 1. The predicted octanol–water partition coefficient (Wildman–Crippen LogP) is 0.463. The Morgan fingerprint density at radius 1 is 1.64 bits per heavy atom. The smallest absolute Gasteiger partial charge is 0.244 e. The van der Waals surface area contributed by atoms with Gasteiger partial charge in [0.25, 0.3) is 0 Å². The van der Waals surface area contributed by atoms with Crippen molar-refractivity contribution in [2.24, 2.45) is 7.05 Å². The van der Waals surface area contributed by atoms with Crippen molar-refractivity contribution in [1.82, 2.24) is 4.57 Å². The van der Waals surface area contributed by atoms with Gasteiger partial charge in [0, 0.05) is 0 Å². The number of nitrogens with zero attached hydrogens (tertiary/aromatic N) is 2. The van der Waals surface area contributed by atoms with E-state index in [1.165, 1.54) is 0 Å². The standard InChI is InChI=1S/C8H13N2O/c1-7(8(2)11)10-5-4-9(3)6-10/h4-7H,1-3H3/q+1. The maximum Gasteiger partial charge on any atom is 0.244 e. The van der Waals surface area contributed by atoms with Crippen molar-refractivity contribution in [3.05, 3.63) is 18.7 Å². The van der Waals surface area contributed by atoms with Crippen LogP contribution in [0.3, 0.4) is 0 Å². The van der Waals surface area contributed by atoms with Crippen molar-refractivity contribution >= 4 is 5.78 Å². The molecule has 3 nitrogen and oxygen atoms in total. The van der Waals surface area contributed by atoms with Gasteiger partial charge in [0.05, 0.1) is 7.05 Å². The van der Waals surface area contributed by atoms with Crippen LogP contribution in [0.25, 0.3) is 0 Å². The molecule has 0 aromatic carbocycles. The molecule has 1 atom stereocenters. The van der Waals surface area contributed by atoms with E-state index in [0.717, 1.165) is 0 Å². The minimum Gasteiger partial charge on any atom is -0.295 e. The van der Waals surface area contributed by atoms with Crippen LogP contribution in [-0.2, 0) is 11.8 Å². The molecule has 0 spiro atoms. The molecular formula is C8H13N2O+. The van der Waals surface area contributed by atoms with Crippen LogP contribution in [0.5, 0.6) is 0 Å². The van der Waals surface area contributed by atoms with Crippen molar-refractivity contribution < 1.29 is 9.36 Å². The van der Waals surface area contributed by atoms with Gasteiger partial charge in [0.1, 0.15) is 12.4 Å². The van der Waals surface area contributed by atoms with Gasteiger partial charge in [-0.15, -0.1) is 0 Å². The fourth-order valence-corrected chi connectivity index (χ4v) is 0.908. The van der Waals surface area contributed by atoms with E-state index < -0.39 is 0 Å². The number of Topliss-reactive ketones (excluding diaryl/α,β-unsaturated/α-hetero) is 1. The average Bonchev–Trinajstić information content (AvgIpc) is 2.34. The molecule has 1 aromatic rings. The van der Waals surface area contributed by atoms with Crippen LogP contribution in [0.4, 0.5) is 0 Å². The summed E-state index contributed by atoms with van der Waals surface area (Å²) in [4.78, 5) is 10.9. The Balaban J connectivity index is 2.84. The minimum atomic E-state index is -0.0452. The highest BCUT2D eigenvalue weighted by atomic mass is 16.1. The van der Waals surface area contributed by atoms with Gasteiger partial charge in [-0.3, -0.25) is 4.79 Å². The molecule has 0 aliphatic carbocycles. The number of carbonyl (C=O) groups is 1. The van der Waals surface area contributed by atoms with E-state index in [-0.39, 0.29) is 11.8 Å². The first-order chi connectivity index (χ1) is 5.11. The molecule has 0 saturated carbocycles. The summed E-state index contributed by atoms with van der Waals surface area (Å²) in [5, 5.41) is 0. The Kier molecular flexibility index (Phi) is 2.08. The number of hydrogen-bond acceptors (Lipinski definition) is 1. The van der Waals surface area contributed by atoms with Crippen LogP contribution < -0.4 is 4.57 Å². The third-order valence-electron chi connectivity index (χ3n) is 1.82. The number of hydrogen-bond donors (Lipinski definition) is 0. The molecule has 0 bridgehead atoms. The first-order valence-electron chi connectivity index (χ1n) is 3.64. The van der Waals surface area contributed by atoms with E-state index in [1.807, 2.05) is 41.8 Å². The molecule has 0 N–H and O–H groups in total. The lowest BCUT2D eigenvalue weighted by Crippen LogP contribution is -2.24. The Morgan fingerprint density at radius 2 is 2.27 bits per heavy atom. The average molecular weight is 153 g/mol. The van der Waals surface area contributed by atoms with Crippen LogP contribution in [0.15, 0.2) is 18.7 Å². The van der Waals surface area contributed by atoms with Crippen LogP contribution >= 0.6 is 0 Å². The zero-order valence-electron chi connectivity index (χ0n) is 7.11. The summed E-state index contributed by atoms with van der Waals surface area (Å²) < 4.78 is 3.81. The van der Waals surface area contributed by atoms with Gasteiger partial charge in [-0.2, -0.15) is 0 Å². The van der Waals surface area contributed by atoms with E-state index in [9.17, 15) is 4.79 Å². The van der Waals surface area contributed by atoms with Gasteiger partial charge in [-0.25, -0.2) is 9.13 Å². The molecule has 0 saturated heterocycles. The highest BCUT2D eigenvalue weighted by Crippen LogP contribution is 2.03. The fourth-order valence-electron chi connectivity index (χ4n) is 0.908.